The average Bonchev–Trinajstić information content (AvgIpc) is 3.31. The summed E-state index contributed by atoms with van der Waals surface area (Å²) >= 11 is 0. The first-order valence-corrected chi connectivity index (χ1v) is 10.9. The van der Waals surface area contributed by atoms with Gasteiger partial charge in [0.2, 0.25) is 5.95 Å². The Morgan fingerprint density at radius 2 is 1.79 bits per heavy atom. The maximum Gasteiger partial charge on any atom is 0.423 e. The predicted molar refractivity (Wildman–Crippen MR) is 121 cm³/mol. The van der Waals surface area contributed by atoms with E-state index in [1.165, 1.54) is 10.8 Å². The van der Waals surface area contributed by atoms with Gasteiger partial charge in [0.1, 0.15) is 23.2 Å². The second-order valence-electron chi connectivity index (χ2n) is 9.22. The van der Waals surface area contributed by atoms with Crippen molar-refractivity contribution in [2.45, 2.75) is 58.1 Å². The van der Waals surface area contributed by atoms with E-state index >= 15 is 0 Å². The minimum atomic E-state index is -0.785. The normalized spacial score (nSPS) is 15.4. The number of carbonyl (C=O) groups excluding carboxylic acids is 2. The average molecular weight is 448 g/mol. The van der Waals surface area contributed by atoms with Crippen molar-refractivity contribution >= 4 is 34.1 Å². The van der Waals surface area contributed by atoms with Gasteiger partial charge in [-0.05, 0) is 45.7 Å². The van der Waals surface area contributed by atoms with E-state index in [1.54, 1.807) is 31.7 Å². The van der Waals surface area contributed by atoms with Crippen LogP contribution in [0.15, 0.2) is 41.6 Å². The second kappa shape index (κ2) is 7.65. The summed E-state index contributed by atoms with van der Waals surface area (Å²) in [6.45, 7) is 5.21. The van der Waals surface area contributed by atoms with Crippen LogP contribution in [0.1, 0.15) is 52.5 Å². The standard InChI is InChI=1S/C23H24N6O4/c1-23(2,3)33-22(32)29-18-12-24-20(27-13-25-16-6-4-5-7-17(16)27)26-19(18)28(21(29)31)14-8-10-15(30)11-9-14/h4-7,12-14H,8-11H2,1-3H3. The number of nitrogens with zero attached hydrogens (tertiary/aromatic N) is 6. The van der Waals surface area contributed by atoms with Gasteiger partial charge < -0.3 is 4.74 Å². The van der Waals surface area contributed by atoms with Crippen LogP contribution < -0.4 is 5.69 Å². The number of fused-ring (bicyclic) bond motifs is 2. The Bertz CT molecular complexity index is 1450. The Kier molecular flexibility index (Phi) is 4.88. The Morgan fingerprint density at radius 1 is 1.06 bits per heavy atom. The van der Waals surface area contributed by atoms with Crippen molar-refractivity contribution in [2.75, 3.05) is 0 Å². The summed E-state index contributed by atoms with van der Waals surface area (Å²) in [5.74, 6) is 0.508. The zero-order valence-corrected chi connectivity index (χ0v) is 18.7. The Hall–Kier alpha value is -3.82. The van der Waals surface area contributed by atoms with Crippen LogP contribution >= 0.6 is 0 Å². The third-order valence-corrected chi connectivity index (χ3v) is 5.73. The van der Waals surface area contributed by atoms with Crippen molar-refractivity contribution in [3.8, 4) is 5.95 Å². The first-order chi connectivity index (χ1) is 15.7. The molecule has 1 aliphatic carbocycles. The third kappa shape index (κ3) is 3.71. The van der Waals surface area contributed by atoms with Gasteiger partial charge in [-0.25, -0.2) is 19.6 Å². The molecule has 4 aromatic rings. The van der Waals surface area contributed by atoms with Crippen LogP contribution in [0.3, 0.4) is 0 Å². The van der Waals surface area contributed by atoms with Crippen molar-refractivity contribution in [3.05, 3.63) is 47.3 Å². The Balaban J connectivity index is 1.71. The van der Waals surface area contributed by atoms with E-state index < -0.39 is 17.4 Å². The summed E-state index contributed by atoms with van der Waals surface area (Å²) in [4.78, 5) is 51.7. The largest absolute Gasteiger partial charge is 0.443 e. The van der Waals surface area contributed by atoms with Crippen molar-refractivity contribution in [1.29, 1.82) is 0 Å². The number of aromatic nitrogens is 6. The third-order valence-electron chi connectivity index (χ3n) is 5.73. The molecule has 0 amide bonds. The number of benzene rings is 1. The molecule has 33 heavy (non-hydrogen) atoms. The summed E-state index contributed by atoms with van der Waals surface area (Å²) in [6, 6.07) is 7.34. The lowest BCUT2D eigenvalue weighted by atomic mass is 9.94. The summed E-state index contributed by atoms with van der Waals surface area (Å²) in [7, 11) is 0. The lowest BCUT2D eigenvalue weighted by Crippen LogP contribution is -2.36. The molecule has 5 rings (SSSR count). The van der Waals surface area contributed by atoms with Gasteiger partial charge in [0.15, 0.2) is 5.65 Å². The van der Waals surface area contributed by atoms with Gasteiger partial charge in [-0.2, -0.15) is 9.55 Å². The van der Waals surface area contributed by atoms with Crippen molar-refractivity contribution in [3.63, 3.8) is 0 Å². The number of rotatable bonds is 2. The molecule has 0 unspecified atom stereocenters. The fraction of sp³-hybridized carbons (Fsp3) is 0.391. The van der Waals surface area contributed by atoms with Gasteiger partial charge in [0, 0.05) is 18.9 Å². The Labute approximate surface area is 188 Å². The van der Waals surface area contributed by atoms with E-state index in [0.717, 1.165) is 15.6 Å². The molecule has 3 aromatic heterocycles. The maximum atomic E-state index is 13.5. The van der Waals surface area contributed by atoms with E-state index in [4.69, 9.17) is 4.74 Å². The minimum absolute atomic E-state index is 0.176. The zero-order valence-electron chi connectivity index (χ0n) is 18.7. The number of hydrogen-bond donors (Lipinski definition) is 0. The van der Waals surface area contributed by atoms with Crippen LogP contribution in [-0.2, 0) is 9.53 Å². The van der Waals surface area contributed by atoms with E-state index in [1.807, 2.05) is 24.3 Å². The molecule has 10 nitrogen and oxygen atoms in total. The highest BCUT2D eigenvalue weighted by atomic mass is 16.6. The van der Waals surface area contributed by atoms with Crippen molar-refractivity contribution in [1.82, 2.24) is 28.7 Å². The molecule has 0 saturated heterocycles. The number of hydrogen-bond acceptors (Lipinski definition) is 7. The van der Waals surface area contributed by atoms with E-state index in [2.05, 4.69) is 15.0 Å². The molecule has 1 saturated carbocycles. The highest BCUT2D eigenvalue weighted by Gasteiger charge is 2.30. The summed E-state index contributed by atoms with van der Waals surface area (Å²) in [5.41, 5.74) is 0.878. The number of ketones is 1. The first-order valence-electron chi connectivity index (χ1n) is 10.9. The molecule has 1 fully saturated rings. The number of imidazole rings is 2. The number of Topliss-reactive ketones (excluding diaryl/α,β-unsaturated/α-hetero) is 1. The second-order valence-corrected chi connectivity index (χ2v) is 9.22. The van der Waals surface area contributed by atoms with E-state index in [0.29, 0.717) is 37.3 Å². The molecular weight excluding hydrogens is 424 g/mol. The van der Waals surface area contributed by atoms with E-state index in [-0.39, 0.29) is 17.3 Å². The highest BCUT2D eigenvalue weighted by molar-refractivity contribution is 5.85. The summed E-state index contributed by atoms with van der Waals surface area (Å²) in [5, 5.41) is 0. The van der Waals surface area contributed by atoms with Crippen molar-refractivity contribution in [2.24, 2.45) is 0 Å². The molecular formula is C23H24N6O4. The molecule has 0 spiro atoms. The van der Waals surface area contributed by atoms with E-state index in [9.17, 15) is 14.4 Å². The monoisotopic (exact) mass is 448 g/mol. The zero-order chi connectivity index (χ0) is 23.3. The summed E-state index contributed by atoms with van der Waals surface area (Å²) < 4.78 is 9.70. The molecule has 0 N–H and O–H groups in total. The van der Waals surface area contributed by atoms with Gasteiger partial charge in [0.25, 0.3) is 0 Å². The molecule has 1 aliphatic rings. The molecule has 0 atom stereocenters. The Morgan fingerprint density at radius 3 is 2.52 bits per heavy atom. The fourth-order valence-corrected chi connectivity index (χ4v) is 4.22. The molecule has 170 valence electrons. The smallest absolute Gasteiger partial charge is 0.423 e. The summed E-state index contributed by atoms with van der Waals surface area (Å²) in [6.07, 6.45) is 4.10. The van der Waals surface area contributed by atoms with Crippen LogP contribution in [0.2, 0.25) is 0 Å². The minimum Gasteiger partial charge on any atom is -0.443 e. The fourth-order valence-electron chi connectivity index (χ4n) is 4.22. The topological polar surface area (TPSA) is 114 Å². The SMILES string of the molecule is CC(C)(C)OC(=O)n1c(=O)n(C2CCC(=O)CC2)c2nc(-n3cnc4ccccc43)ncc21. The lowest BCUT2D eigenvalue weighted by molar-refractivity contribution is -0.120. The molecule has 0 radical (unpaired) electrons. The quantitative estimate of drug-likeness (QED) is 0.462. The van der Waals surface area contributed by atoms with Gasteiger partial charge >= 0.3 is 11.8 Å². The van der Waals surface area contributed by atoms with Gasteiger partial charge in [-0.1, -0.05) is 12.1 Å². The highest BCUT2D eigenvalue weighted by Crippen LogP contribution is 2.28. The predicted octanol–water partition coefficient (Wildman–Crippen LogP) is 3.40. The van der Waals surface area contributed by atoms with Crippen LogP contribution in [0.5, 0.6) is 0 Å². The molecule has 10 heteroatoms. The molecule has 0 bridgehead atoms. The van der Waals surface area contributed by atoms with Crippen LogP contribution in [0.4, 0.5) is 4.79 Å². The van der Waals surface area contributed by atoms with Crippen LogP contribution in [0.25, 0.3) is 28.1 Å². The van der Waals surface area contributed by atoms with Gasteiger partial charge in [0.05, 0.1) is 17.2 Å². The van der Waals surface area contributed by atoms with Crippen LogP contribution in [0, 0.1) is 0 Å². The maximum absolute atomic E-state index is 13.5. The molecule has 0 aliphatic heterocycles. The first kappa shape index (κ1) is 21.0. The van der Waals surface area contributed by atoms with Crippen LogP contribution in [-0.4, -0.2) is 46.1 Å². The molecule has 3 heterocycles. The lowest BCUT2D eigenvalue weighted by Gasteiger charge is -2.22. The van der Waals surface area contributed by atoms with Crippen molar-refractivity contribution < 1.29 is 14.3 Å². The number of carbonyl (C=O) groups is 2. The van der Waals surface area contributed by atoms with Gasteiger partial charge in [-0.15, -0.1) is 0 Å². The number of para-hydroxylation sites is 2. The molecule has 1 aromatic carbocycles. The number of ether oxygens (including phenoxy) is 1. The van der Waals surface area contributed by atoms with Gasteiger partial charge in [-0.3, -0.25) is 13.9 Å².